The predicted octanol–water partition coefficient (Wildman–Crippen LogP) is 1.52. The van der Waals surface area contributed by atoms with Crippen LogP contribution < -0.4 is 10.6 Å². The molecule has 7 nitrogen and oxygen atoms in total. The Labute approximate surface area is 129 Å². The van der Waals surface area contributed by atoms with Crippen LogP contribution in [0.1, 0.15) is 12.0 Å². The monoisotopic (exact) mass is 319 g/mol. The maximum absolute atomic E-state index is 11.5. The van der Waals surface area contributed by atoms with Crippen molar-refractivity contribution in [2.24, 2.45) is 0 Å². The molecule has 2 aromatic rings. The van der Waals surface area contributed by atoms with Crippen molar-refractivity contribution in [2.45, 2.75) is 19.4 Å². The fourth-order valence-electron chi connectivity index (χ4n) is 2.37. The number of hydrogen-bond donors (Lipinski definition) is 2. The highest BCUT2D eigenvalue weighted by Gasteiger charge is 2.28. The third-order valence-corrected chi connectivity index (χ3v) is 5.30. The number of anilines is 3. The average molecular weight is 319 g/mol. The molecule has 1 saturated heterocycles. The Hall–Kier alpha value is -2.22. The summed E-state index contributed by atoms with van der Waals surface area (Å²) in [4.78, 5) is 4.33. The van der Waals surface area contributed by atoms with Gasteiger partial charge in [-0.3, -0.25) is 0 Å². The Balaban J connectivity index is 1.72. The highest BCUT2D eigenvalue weighted by molar-refractivity contribution is 7.91. The first kappa shape index (κ1) is 14.7. The van der Waals surface area contributed by atoms with E-state index in [1.165, 1.54) is 6.20 Å². The van der Waals surface area contributed by atoms with Gasteiger partial charge in [0.2, 0.25) is 5.95 Å². The van der Waals surface area contributed by atoms with Gasteiger partial charge in [-0.15, -0.1) is 5.10 Å². The van der Waals surface area contributed by atoms with Crippen LogP contribution in [0, 0.1) is 6.92 Å². The molecule has 1 aromatic carbocycles. The van der Waals surface area contributed by atoms with Crippen LogP contribution in [0.15, 0.2) is 30.5 Å². The highest BCUT2D eigenvalue weighted by atomic mass is 32.2. The second-order valence-corrected chi connectivity index (χ2v) is 7.58. The summed E-state index contributed by atoms with van der Waals surface area (Å²) in [5.41, 5.74) is 2.04. The van der Waals surface area contributed by atoms with E-state index in [0.29, 0.717) is 18.2 Å². The summed E-state index contributed by atoms with van der Waals surface area (Å²) >= 11 is 0. The molecule has 0 bridgehead atoms. The number of para-hydroxylation sites is 1. The number of aryl methyl sites for hydroxylation is 1. The molecule has 1 fully saturated rings. The molecule has 1 atom stereocenters. The first-order valence-corrected chi connectivity index (χ1v) is 8.83. The molecule has 0 spiro atoms. The molecule has 1 unspecified atom stereocenters. The molecule has 22 heavy (non-hydrogen) atoms. The van der Waals surface area contributed by atoms with Gasteiger partial charge in [0.05, 0.1) is 17.7 Å². The van der Waals surface area contributed by atoms with Crippen molar-refractivity contribution in [2.75, 3.05) is 22.1 Å². The van der Waals surface area contributed by atoms with Gasteiger partial charge >= 0.3 is 0 Å². The number of aromatic nitrogens is 3. The molecule has 116 valence electrons. The van der Waals surface area contributed by atoms with Crippen LogP contribution in [0.4, 0.5) is 17.5 Å². The number of rotatable bonds is 4. The van der Waals surface area contributed by atoms with Gasteiger partial charge in [-0.1, -0.05) is 18.2 Å². The van der Waals surface area contributed by atoms with Gasteiger partial charge in [-0.05, 0) is 25.0 Å². The summed E-state index contributed by atoms with van der Waals surface area (Å²) in [7, 11) is -2.93. The lowest BCUT2D eigenvalue weighted by Crippen LogP contribution is -2.22. The summed E-state index contributed by atoms with van der Waals surface area (Å²) in [6, 6.07) is 7.70. The first-order valence-electron chi connectivity index (χ1n) is 7.01. The standard InChI is InChI=1S/C14H17N5O2S/c1-10-4-2-3-5-12(10)17-13-8-15-19-14(18-13)16-11-6-7-22(20,21)9-11/h2-5,8,11H,6-7,9H2,1H3,(H2,16,17,18,19). The first-order chi connectivity index (χ1) is 10.5. The van der Waals surface area contributed by atoms with E-state index in [9.17, 15) is 8.42 Å². The van der Waals surface area contributed by atoms with Gasteiger partial charge < -0.3 is 10.6 Å². The van der Waals surface area contributed by atoms with Crippen molar-refractivity contribution >= 4 is 27.3 Å². The third kappa shape index (κ3) is 3.51. The van der Waals surface area contributed by atoms with Gasteiger partial charge in [0.15, 0.2) is 15.7 Å². The Morgan fingerprint density at radius 2 is 2.09 bits per heavy atom. The topological polar surface area (TPSA) is 96.9 Å². The lowest BCUT2D eigenvalue weighted by atomic mass is 10.2. The maximum atomic E-state index is 11.5. The van der Waals surface area contributed by atoms with E-state index in [-0.39, 0.29) is 17.5 Å². The molecule has 3 rings (SSSR count). The van der Waals surface area contributed by atoms with E-state index >= 15 is 0 Å². The van der Waals surface area contributed by atoms with Crippen molar-refractivity contribution in [1.29, 1.82) is 0 Å². The molecule has 0 amide bonds. The Morgan fingerprint density at radius 1 is 1.27 bits per heavy atom. The molecular formula is C14H17N5O2S. The van der Waals surface area contributed by atoms with Crippen LogP contribution in [0.2, 0.25) is 0 Å². The highest BCUT2D eigenvalue weighted by Crippen LogP contribution is 2.19. The fraction of sp³-hybridized carbons (Fsp3) is 0.357. The summed E-state index contributed by atoms with van der Waals surface area (Å²) in [6.07, 6.45) is 2.10. The summed E-state index contributed by atoms with van der Waals surface area (Å²) in [5.74, 6) is 1.22. The number of nitrogens with one attached hydrogen (secondary N) is 2. The van der Waals surface area contributed by atoms with E-state index in [1.54, 1.807) is 0 Å². The molecule has 1 aromatic heterocycles. The molecule has 1 aliphatic rings. The van der Waals surface area contributed by atoms with E-state index in [2.05, 4.69) is 25.8 Å². The molecule has 0 saturated carbocycles. The van der Waals surface area contributed by atoms with Gasteiger partial charge in [0.1, 0.15) is 0 Å². The maximum Gasteiger partial charge on any atom is 0.244 e. The van der Waals surface area contributed by atoms with Crippen molar-refractivity contribution < 1.29 is 8.42 Å². The molecule has 1 aliphatic heterocycles. The number of sulfone groups is 1. The number of benzene rings is 1. The Morgan fingerprint density at radius 3 is 2.82 bits per heavy atom. The third-order valence-electron chi connectivity index (χ3n) is 3.53. The van der Waals surface area contributed by atoms with Gasteiger partial charge in [-0.25, -0.2) is 8.42 Å². The number of hydrogen-bond acceptors (Lipinski definition) is 7. The lowest BCUT2D eigenvalue weighted by Gasteiger charge is -2.12. The van der Waals surface area contributed by atoms with Crippen LogP contribution >= 0.6 is 0 Å². The minimum absolute atomic E-state index is 0.117. The normalized spacial score (nSPS) is 19.8. The van der Waals surface area contributed by atoms with Crippen molar-refractivity contribution in [3.63, 3.8) is 0 Å². The molecule has 0 aliphatic carbocycles. The van der Waals surface area contributed by atoms with E-state index in [1.807, 2.05) is 31.2 Å². The molecule has 0 radical (unpaired) electrons. The van der Waals surface area contributed by atoms with E-state index in [0.717, 1.165) is 11.3 Å². The summed E-state index contributed by atoms with van der Waals surface area (Å²) in [5, 5.41) is 14.0. The second-order valence-electron chi connectivity index (χ2n) is 5.35. The SMILES string of the molecule is Cc1ccccc1Nc1cnnc(NC2CCS(=O)(=O)C2)n1. The zero-order valence-corrected chi connectivity index (χ0v) is 13.0. The minimum atomic E-state index is -2.93. The van der Waals surface area contributed by atoms with Crippen LogP contribution in [-0.2, 0) is 9.84 Å². The zero-order valence-electron chi connectivity index (χ0n) is 12.2. The van der Waals surface area contributed by atoms with Crippen molar-refractivity contribution in [1.82, 2.24) is 15.2 Å². The van der Waals surface area contributed by atoms with Crippen LogP contribution in [0.5, 0.6) is 0 Å². The average Bonchev–Trinajstić information content (AvgIpc) is 2.81. The minimum Gasteiger partial charge on any atom is -0.349 e. The van der Waals surface area contributed by atoms with Crippen molar-refractivity contribution in [3.05, 3.63) is 36.0 Å². The predicted molar refractivity (Wildman–Crippen MR) is 85.0 cm³/mol. The fourth-order valence-corrected chi connectivity index (χ4v) is 4.04. The van der Waals surface area contributed by atoms with Gasteiger partial charge in [0.25, 0.3) is 0 Å². The van der Waals surface area contributed by atoms with Crippen molar-refractivity contribution in [3.8, 4) is 0 Å². The van der Waals surface area contributed by atoms with Crippen LogP contribution in [-0.4, -0.2) is 41.1 Å². The quantitative estimate of drug-likeness (QED) is 0.882. The molecule has 2 N–H and O–H groups in total. The smallest absolute Gasteiger partial charge is 0.244 e. The van der Waals surface area contributed by atoms with Gasteiger partial charge in [0, 0.05) is 11.7 Å². The van der Waals surface area contributed by atoms with E-state index < -0.39 is 9.84 Å². The van der Waals surface area contributed by atoms with Crippen LogP contribution in [0.3, 0.4) is 0 Å². The number of nitrogens with zero attached hydrogens (tertiary/aromatic N) is 3. The van der Waals surface area contributed by atoms with E-state index in [4.69, 9.17) is 0 Å². The zero-order chi connectivity index (χ0) is 15.6. The lowest BCUT2D eigenvalue weighted by molar-refractivity contribution is 0.602. The second kappa shape index (κ2) is 5.88. The Bertz CT molecular complexity index is 778. The summed E-state index contributed by atoms with van der Waals surface area (Å²) < 4.78 is 22.9. The molecular weight excluding hydrogens is 302 g/mol. The molecule has 2 heterocycles. The Kier molecular flexibility index (Phi) is 3.93. The largest absolute Gasteiger partial charge is 0.349 e. The van der Waals surface area contributed by atoms with Crippen LogP contribution in [0.25, 0.3) is 0 Å². The molecule has 8 heteroatoms. The van der Waals surface area contributed by atoms with Gasteiger partial charge in [-0.2, -0.15) is 10.1 Å². The summed E-state index contributed by atoms with van der Waals surface area (Å²) in [6.45, 7) is 2.00.